The van der Waals surface area contributed by atoms with Gasteiger partial charge in [-0.05, 0) is 38.2 Å². The predicted octanol–water partition coefficient (Wildman–Crippen LogP) is 2.17. The number of nitrogens with one attached hydrogen (secondary N) is 2. The van der Waals surface area contributed by atoms with E-state index in [0.29, 0.717) is 13.0 Å². The molecule has 1 aromatic carbocycles. The molecule has 1 atom stereocenters. The van der Waals surface area contributed by atoms with E-state index >= 15 is 0 Å². The van der Waals surface area contributed by atoms with Gasteiger partial charge < -0.3 is 5.32 Å². The van der Waals surface area contributed by atoms with Crippen LogP contribution in [0.5, 0.6) is 0 Å². The lowest BCUT2D eigenvalue weighted by molar-refractivity contribution is -0.121. The SMILES string of the molecule is CNC(=O)CC(C)N(C)Cc1cn[nH]c1-c1ccc(F)cc1. The topological polar surface area (TPSA) is 61.0 Å². The third-order valence-electron chi connectivity index (χ3n) is 3.78. The van der Waals surface area contributed by atoms with Crippen LogP contribution in [-0.2, 0) is 11.3 Å². The molecule has 0 fully saturated rings. The van der Waals surface area contributed by atoms with Crippen LogP contribution in [0.1, 0.15) is 18.9 Å². The zero-order valence-electron chi connectivity index (χ0n) is 13.1. The lowest BCUT2D eigenvalue weighted by Gasteiger charge is -2.24. The Hall–Kier alpha value is -2.21. The van der Waals surface area contributed by atoms with Crippen molar-refractivity contribution in [3.05, 3.63) is 41.8 Å². The Morgan fingerprint density at radius 1 is 1.41 bits per heavy atom. The fourth-order valence-corrected chi connectivity index (χ4v) is 2.25. The average molecular weight is 304 g/mol. The summed E-state index contributed by atoms with van der Waals surface area (Å²) in [6.45, 7) is 2.66. The summed E-state index contributed by atoms with van der Waals surface area (Å²) in [7, 11) is 3.60. The summed E-state index contributed by atoms with van der Waals surface area (Å²) in [5.41, 5.74) is 2.78. The van der Waals surface area contributed by atoms with Crippen molar-refractivity contribution in [1.82, 2.24) is 20.4 Å². The zero-order chi connectivity index (χ0) is 16.1. The molecule has 0 bridgehead atoms. The summed E-state index contributed by atoms with van der Waals surface area (Å²) < 4.78 is 13.0. The molecular weight excluding hydrogens is 283 g/mol. The van der Waals surface area contributed by atoms with Crippen molar-refractivity contribution >= 4 is 5.91 Å². The molecule has 2 N–H and O–H groups in total. The van der Waals surface area contributed by atoms with Crippen molar-refractivity contribution in [3.63, 3.8) is 0 Å². The van der Waals surface area contributed by atoms with E-state index < -0.39 is 0 Å². The van der Waals surface area contributed by atoms with Gasteiger partial charge >= 0.3 is 0 Å². The van der Waals surface area contributed by atoms with E-state index in [-0.39, 0.29) is 17.8 Å². The Morgan fingerprint density at radius 3 is 2.73 bits per heavy atom. The monoisotopic (exact) mass is 304 g/mol. The first-order valence-corrected chi connectivity index (χ1v) is 7.20. The summed E-state index contributed by atoms with van der Waals surface area (Å²) in [6, 6.07) is 6.41. The fourth-order valence-electron chi connectivity index (χ4n) is 2.25. The van der Waals surface area contributed by atoms with E-state index in [1.165, 1.54) is 12.1 Å². The zero-order valence-corrected chi connectivity index (χ0v) is 13.1. The number of hydrogen-bond acceptors (Lipinski definition) is 3. The molecule has 0 aliphatic rings. The molecule has 1 amide bonds. The molecule has 0 saturated heterocycles. The maximum atomic E-state index is 13.0. The van der Waals surface area contributed by atoms with Gasteiger partial charge in [-0.2, -0.15) is 5.10 Å². The van der Waals surface area contributed by atoms with Crippen LogP contribution in [0.4, 0.5) is 4.39 Å². The molecule has 2 rings (SSSR count). The Labute approximate surface area is 129 Å². The number of hydrogen-bond donors (Lipinski definition) is 2. The van der Waals surface area contributed by atoms with E-state index in [2.05, 4.69) is 20.4 Å². The summed E-state index contributed by atoms with van der Waals surface area (Å²) >= 11 is 0. The third kappa shape index (κ3) is 3.92. The summed E-state index contributed by atoms with van der Waals surface area (Å²) in [6.07, 6.45) is 2.21. The molecule has 2 aromatic rings. The molecule has 118 valence electrons. The molecule has 6 heteroatoms. The number of aromatic amines is 1. The van der Waals surface area contributed by atoms with E-state index in [0.717, 1.165) is 16.8 Å². The van der Waals surface area contributed by atoms with Crippen molar-refractivity contribution in [2.75, 3.05) is 14.1 Å². The van der Waals surface area contributed by atoms with Crippen LogP contribution in [0, 0.1) is 5.82 Å². The van der Waals surface area contributed by atoms with Crippen LogP contribution < -0.4 is 5.32 Å². The Balaban J connectivity index is 2.09. The maximum Gasteiger partial charge on any atom is 0.221 e. The number of rotatable bonds is 6. The smallest absolute Gasteiger partial charge is 0.221 e. The van der Waals surface area contributed by atoms with E-state index in [4.69, 9.17) is 0 Å². The number of aromatic nitrogens is 2. The number of nitrogens with zero attached hydrogens (tertiary/aromatic N) is 2. The first-order valence-electron chi connectivity index (χ1n) is 7.20. The van der Waals surface area contributed by atoms with Gasteiger partial charge in [-0.3, -0.25) is 14.8 Å². The Kier molecular flexibility index (Phi) is 5.27. The second-order valence-corrected chi connectivity index (χ2v) is 5.42. The molecule has 0 radical (unpaired) electrons. The fraction of sp³-hybridized carbons (Fsp3) is 0.375. The van der Waals surface area contributed by atoms with Crippen LogP contribution in [-0.4, -0.2) is 41.1 Å². The second-order valence-electron chi connectivity index (χ2n) is 5.42. The number of carbonyl (C=O) groups is 1. The molecule has 0 aliphatic heterocycles. The van der Waals surface area contributed by atoms with Crippen molar-refractivity contribution in [3.8, 4) is 11.3 Å². The predicted molar refractivity (Wildman–Crippen MR) is 83.6 cm³/mol. The van der Waals surface area contributed by atoms with E-state index in [9.17, 15) is 9.18 Å². The number of benzene rings is 1. The van der Waals surface area contributed by atoms with Crippen molar-refractivity contribution in [2.45, 2.75) is 25.9 Å². The van der Waals surface area contributed by atoms with Gasteiger partial charge in [0.1, 0.15) is 5.82 Å². The minimum Gasteiger partial charge on any atom is -0.359 e. The standard InChI is InChI=1S/C16H21FN4O/c1-11(8-15(22)18-2)21(3)10-13-9-19-20-16(13)12-4-6-14(17)7-5-12/h4-7,9,11H,8,10H2,1-3H3,(H,18,22)(H,19,20). The molecule has 5 nitrogen and oxygen atoms in total. The van der Waals surface area contributed by atoms with Crippen LogP contribution in [0.2, 0.25) is 0 Å². The highest BCUT2D eigenvalue weighted by Gasteiger charge is 2.16. The number of halogens is 1. The second kappa shape index (κ2) is 7.17. The van der Waals surface area contributed by atoms with Gasteiger partial charge in [0, 0.05) is 37.2 Å². The normalized spacial score (nSPS) is 12.4. The largest absolute Gasteiger partial charge is 0.359 e. The molecule has 1 unspecified atom stereocenters. The minimum absolute atomic E-state index is 0.0188. The first-order chi connectivity index (χ1) is 10.5. The molecule has 1 aromatic heterocycles. The molecule has 0 aliphatic carbocycles. The molecule has 1 heterocycles. The van der Waals surface area contributed by atoms with Gasteiger partial charge in [0.2, 0.25) is 5.91 Å². The van der Waals surface area contributed by atoms with Gasteiger partial charge in [-0.15, -0.1) is 0 Å². The lowest BCUT2D eigenvalue weighted by atomic mass is 10.1. The number of amides is 1. The van der Waals surface area contributed by atoms with Gasteiger partial charge in [-0.25, -0.2) is 4.39 Å². The highest BCUT2D eigenvalue weighted by Crippen LogP contribution is 2.23. The highest BCUT2D eigenvalue weighted by molar-refractivity contribution is 5.76. The third-order valence-corrected chi connectivity index (χ3v) is 3.78. The number of carbonyl (C=O) groups excluding carboxylic acids is 1. The molecule has 0 saturated carbocycles. The first kappa shape index (κ1) is 16.2. The average Bonchev–Trinajstić information content (AvgIpc) is 2.95. The van der Waals surface area contributed by atoms with Gasteiger partial charge in [0.25, 0.3) is 0 Å². The van der Waals surface area contributed by atoms with Gasteiger partial charge in [0.05, 0.1) is 11.9 Å². The van der Waals surface area contributed by atoms with Crippen LogP contribution in [0.15, 0.2) is 30.5 Å². The lowest BCUT2D eigenvalue weighted by Crippen LogP contribution is -2.33. The molecular formula is C16H21FN4O. The minimum atomic E-state index is -0.263. The number of H-pyrrole nitrogens is 1. The van der Waals surface area contributed by atoms with Crippen LogP contribution in [0.3, 0.4) is 0 Å². The van der Waals surface area contributed by atoms with Crippen LogP contribution in [0.25, 0.3) is 11.3 Å². The molecule has 22 heavy (non-hydrogen) atoms. The Bertz CT molecular complexity index is 623. The Morgan fingerprint density at radius 2 is 2.09 bits per heavy atom. The van der Waals surface area contributed by atoms with E-state index in [1.807, 2.05) is 14.0 Å². The molecule has 0 spiro atoms. The highest BCUT2D eigenvalue weighted by atomic mass is 19.1. The van der Waals surface area contributed by atoms with Crippen molar-refractivity contribution in [2.24, 2.45) is 0 Å². The van der Waals surface area contributed by atoms with Crippen molar-refractivity contribution in [1.29, 1.82) is 0 Å². The van der Waals surface area contributed by atoms with Crippen LogP contribution >= 0.6 is 0 Å². The maximum absolute atomic E-state index is 13.0. The van der Waals surface area contributed by atoms with Gasteiger partial charge in [-0.1, -0.05) is 0 Å². The quantitative estimate of drug-likeness (QED) is 0.860. The summed E-state index contributed by atoms with van der Waals surface area (Å²) in [5, 5.41) is 9.68. The van der Waals surface area contributed by atoms with E-state index in [1.54, 1.807) is 25.4 Å². The van der Waals surface area contributed by atoms with Crippen molar-refractivity contribution < 1.29 is 9.18 Å². The summed E-state index contributed by atoms with van der Waals surface area (Å²) in [5.74, 6) is -0.244. The summed E-state index contributed by atoms with van der Waals surface area (Å²) in [4.78, 5) is 13.5. The van der Waals surface area contributed by atoms with Gasteiger partial charge in [0.15, 0.2) is 0 Å².